The van der Waals surface area contributed by atoms with E-state index in [0.29, 0.717) is 23.7 Å². The lowest BCUT2D eigenvalue weighted by molar-refractivity contribution is 0.331. The first kappa shape index (κ1) is 11.9. The van der Waals surface area contributed by atoms with Crippen molar-refractivity contribution in [1.29, 1.82) is 0 Å². The predicted molar refractivity (Wildman–Crippen MR) is 66.9 cm³/mol. The van der Waals surface area contributed by atoms with Crippen LogP contribution in [-0.2, 0) is 23.0 Å². The van der Waals surface area contributed by atoms with Crippen LogP contribution in [0.5, 0.6) is 0 Å². The van der Waals surface area contributed by atoms with Crippen molar-refractivity contribution in [3.8, 4) is 0 Å². The highest BCUT2D eigenvalue weighted by Crippen LogP contribution is 2.28. The number of nitrogens with zero attached hydrogens (tertiary/aromatic N) is 2. The predicted octanol–water partition coefficient (Wildman–Crippen LogP) is 1.79. The third-order valence-corrected chi connectivity index (χ3v) is 6.29. The van der Waals surface area contributed by atoms with Crippen LogP contribution in [-0.4, -0.2) is 24.4 Å². The molecule has 0 bridgehead atoms. The summed E-state index contributed by atoms with van der Waals surface area (Å²) < 4.78 is 31.8. The molecule has 0 atom stereocenters. The third-order valence-electron chi connectivity index (χ3n) is 2.97. The molecule has 0 saturated carbocycles. The largest absolute Gasteiger partial charge is 0.361 e. The Bertz CT molecular complexity index is 672. The van der Waals surface area contributed by atoms with Gasteiger partial charge in [-0.05, 0) is 19.1 Å². The van der Waals surface area contributed by atoms with E-state index >= 15 is 0 Å². The maximum Gasteiger partial charge on any atom is 0.252 e. The van der Waals surface area contributed by atoms with Crippen molar-refractivity contribution < 1.29 is 12.9 Å². The van der Waals surface area contributed by atoms with Gasteiger partial charge < -0.3 is 4.52 Å². The summed E-state index contributed by atoms with van der Waals surface area (Å²) >= 11 is 1.30. The normalized spacial score (nSPS) is 16.7. The maximum absolute atomic E-state index is 12.4. The zero-order valence-electron chi connectivity index (χ0n) is 9.79. The first-order valence-electron chi connectivity index (χ1n) is 5.56. The summed E-state index contributed by atoms with van der Waals surface area (Å²) in [4.78, 5) is 0.997. The molecule has 1 aliphatic heterocycles. The molecule has 7 heteroatoms. The van der Waals surface area contributed by atoms with Gasteiger partial charge in [0.25, 0.3) is 10.0 Å². The van der Waals surface area contributed by atoms with Gasteiger partial charge in [0.05, 0.1) is 6.20 Å². The van der Waals surface area contributed by atoms with Crippen LogP contribution in [0.1, 0.15) is 16.2 Å². The van der Waals surface area contributed by atoms with Gasteiger partial charge in [0, 0.05) is 30.0 Å². The number of thiophene rings is 1. The second-order valence-electron chi connectivity index (χ2n) is 4.23. The minimum atomic E-state index is -3.38. The lowest BCUT2D eigenvalue weighted by Crippen LogP contribution is -2.35. The van der Waals surface area contributed by atoms with E-state index in [1.807, 2.05) is 13.0 Å². The Morgan fingerprint density at radius 2 is 2.28 bits per heavy atom. The molecule has 0 radical (unpaired) electrons. The Morgan fingerprint density at radius 1 is 1.44 bits per heavy atom. The molecule has 0 N–H and O–H groups in total. The van der Waals surface area contributed by atoms with Gasteiger partial charge in [0.15, 0.2) is 0 Å². The van der Waals surface area contributed by atoms with Crippen molar-refractivity contribution in [3.05, 3.63) is 34.5 Å². The molecule has 0 aromatic carbocycles. The molecule has 0 fully saturated rings. The molecule has 0 amide bonds. The molecule has 0 unspecified atom stereocenters. The Labute approximate surface area is 109 Å². The minimum absolute atomic E-state index is 0.345. The zero-order chi connectivity index (χ0) is 12.8. The molecule has 2 aromatic heterocycles. The molecule has 5 nitrogen and oxygen atoms in total. The number of hydrogen-bond acceptors (Lipinski definition) is 5. The summed E-state index contributed by atoms with van der Waals surface area (Å²) in [6, 6.07) is 3.49. The van der Waals surface area contributed by atoms with Crippen LogP contribution in [0.25, 0.3) is 0 Å². The van der Waals surface area contributed by atoms with Crippen molar-refractivity contribution in [1.82, 2.24) is 9.46 Å². The topological polar surface area (TPSA) is 63.4 Å². The van der Waals surface area contributed by atoms with Gasteiger partial charge in [-0.15, -0.1) is 11.3 Å². The lowest BCUT2D eigenvalue weighted by Gasteiger charge is -2.24. The molecular formula is C11H12N2O3S2. The van der Waals surface area contributed by atoms with E-state index in [-0.39, 0.29) is 0 Å². The molecule has 1 aliphatic rings. The van der Waals surface area contributed by atoms with E-state index in [4.69, 9.17) is 4.52 Å². The van der Waals surface area contributed by atoms with Gasteiger partial charge in [0.2, 0.25) is 0 Å². The molecule has 0 aliphatic carbocycles. The Balaban J connectivity index is 1.92. The van der Waals surface area contributed by atoms with E-state index in [2.05, 4.69) is 5.16 Å². The highest BCUT2D eigenvalue weighted by molar-refractivity contribution is 7.91. The Kier molecular flexibility index (Phi) is 2.76. The van der Waals surface area contributed by atoms with Crippen molar-refractivity contribution in [3.63, 3.8) is 0 Å². The highest BCUT2D eigenvalue weighted by atomic mass is 32.2. The number of aryl methyl sites for hydroxylation is 1. The van der Waals surface area contributed by atoms with Gasteiger partial charge in [0.1, 0.15) is 9.97 Å². The maximum atomic E-state index is 12.4. The summed E-state index contributed by atoms with van der Waals surface area (Å²) in [6.07, 6.45) is 2.18. The molecule has 0 spiro atoms. The van der Waals surface area contributed by atoms with E-state index in [9.17, 15) is 8.42 Å². The molecule has 3 heterocycles. The van der Waals surface area contributed by atoms with Gasteiger partial charge in [-0.1, -0.05) is 5.16 Å². The molecular weight excluding hydrogens is 272 g/mol. The molecule has 96 valence electrons. The number of rotatable bonds is 2. The van der Waals surface area contributed by atoms with Crippen LogP contribution in [0.2, 0.25) is 0 Å². The number of sulfonamides is 1. The Hall–Kier alpha value is -1.18. The number of aromatic nitrogens is 1. The molecule has 0 saturated heterocycles. The summed E-state index contributed by atoms with van der Waals surface area (Å²) in [5.41, 5.74) is 0.859. The van der Waals surface area contributed by atoms with E-state index in [0.717, 1.165) is 16.2 Å². The van der Waals surface area contributed by atoms with Crippen LogP contribution in [0.15, 0.2) is 27.1 Å². The first-order chi connectivity index (χ1) is 8.57. The number of fused-ring (bicyclic) bond motifs is 1. The van der Waals surface area contributed by atoms with Crippen LogP contribution in [0.3, 0.4) is 0 Å². The van der Waals surface area contributed by atoms with Gasteiger partial charge in [-0.25, -0.2) is 8.42 Å². The van der Waals surface area contributed by atoms with Crippen molar-refractivity contribution in [2.45, 2.75) is 24.1 Å². The number of hydrogen-bond donors (Lipinski definition) is 0. The van der Waals surface area contributed by atoms with Crippen molar-refractivity contribution >= 4 is 21.4 Å². The van der Waals surface area contributed by atoms with Gasteiger partial charge in [-0.3, -0.25) is 0 Å². The SMILES string of the molecule is Cc1ccc(S(=O)(=O)N2CCc3oncc3C2)s1. The first-order valence-corrected chi connectivity index (χ1v) is 7.82. The average molecular weight is 284 g/mol. The average Bonchev–Trinajstić information content (AvgIpc) is 2.96. The summed E-state index contributed by atoms with van der Waals surface area (Å²) in [5, 5.41) is 3.70. The quantitative estimate of drug-likeness (QED) is 0.843. The highest BCUT2D eigenvalue weighted by Gasteiger charge is 2.30. The second-order valence-corrected chi connectivity index (χ2v) is 7.68. The van der Waals surface area contributed by atoms with E-state index in [1.54, 1.807) is 12.3 Å². The summed E-state index contributed by atoms with van der Waals surface area (Å²) in [7, 11) is -3.38. The lowest BCUT2D eigenvalue weighted by atomic mass is 10.1. The van der Waals surface area contributed by atoms with Gasteiger partial charge >= 0.3 is 0 Å². The molecule has 3 rings (SSSR count). The molecule has 18 heavy (non-hydrogen) atoms. The fraction of sp³-hybridized carbons (Fsp3) is 0.364. The van der Waals surface area contributed by atoms with Crippen LogP contribution < -0.4 is 0 Å². The second kappa shape index (κ2) is 4.18. The van der Waals surface area contributed by atoms with Gasteiger partial charge in [-0.2, -0.15) is 4.31 Å². The summed E-state index contributed by atoms with van der Waals surface area (Å²) in [5.74, 6) is 0.795. The fourth-order valence-electron chi connectivity index (χ4n) is 2.00. The monoisotopic (exact) mass is 284 g/mol. The third kappa shape index (κ3) is 1.88. The minimum Gasteiger partial charge on any atom is -0.361 e. The van der Waals surface area contributed by atoms with Crippen molar-refractivity contribution in [2.24, 2.45) is 0 Å². The van der Waals surface area contributed by atoms with Crippen LogP contribution in [0.4, 0.5) is 0 Å². The van der Waals surface area contributed by atoms with Crippen molar-refractivity contribution in [2.75, 3.05) is 6.54 Å². The zero-order valence-corrected chi connectivity index (χ0v) is 11.4. The van der Waals surface area contributed by atoms with E-state index < -0.39 is 10.0 Å². The fourth-order valence-corrected chi connectivity index (χ4v) is 4.85. The summed E-state index contributed by atoms with van der Waals surface area (Å²) in [6.45, 7) is 2.69. The standard InChI is InChI=1S/C11H12N2O3S2/c1-8-2-3-11(17-8)18(14,15)13-5-4-10-9(7-13)6-12-16-10/h2-3,6H,4-5,7H2,1H3. The smallest absolute Gasteiger partial charge is 0.252 e. The van der Waals surface area contributed by atoms with Crippen LogP contribution in [0, 0.1) is 6.92 Å². The van der Waals surface area contributed by atoms with E-state index in [1.165, 1.54) is 15.6 Å². The van der Waals surface area contributed by atoms with Crippen LogP contribution >= 0.6 is 11.3 Å². The Morgan fingerprint density at radius 3 is 3.00 bits per heavy atom. The molecule has 2 aromatic rings.